The van der Waals surface area contributed by atoms with Crippen LogP contribution in [0, 0.1) is 0 Å². The molecule has 0 unspecified atom stereocenters. The highest BCUT2D eigenvalue weighted by molar-refractivity contribution is 6.42. The molecular weight excluding hydrogens is 323 g/mol. The number of ether oxygens (including phenoxy) is 1. The number of benzene rings is 2. The SMILES string of the molecule is Nc1conc1-c1ccc(OCc2ccc(Cl)c(Cl)c2)cc1. The molecule has 0 aliphatic heterocycles. The average Bonchev–Trinajstić information content (AvgIpc) is 2.95. The van der Waals surface area contributed by atoms with E-state index in [0.717, 1.165) is 16.9 Å². The Balaban J connectivity index is 1.69. The quantitative estimate of drug-likeness (QED) is 0.743. The first-order valence-electron chi connectivity index (χ1n) is 6.50. The van der Waals surface area contributed by atoms with Crippen LogP contribution in [-0.2, 0) is 6.61 Å². The third-order valence-electron chi connectivity index (χ3n) is 3.11. The number of nitrogens with two attached hydrogens (primary N) is 1. The van der Waals surface area contributed by atoms with Gasteiger partial charge in [0.2, 0.25) is 0 Å². The molecule has 1 aromatic heterocycles. The van der Waals surface area contributed by atoms with E-state index in [4.69, 9.17) is 38.2 Å². The number of nitrogens with zero attached hydrogens (tertiary/aromatic N) is 1. The molecule has 0 bridgehead atoms. The maximum atomic E-state index is 5.97. The lowest BCUT2D eigenvalue weighted by atomic mass is 10.1. The minimum absolute atomic E-state index is 0.405. The molecule has 112 valence electrons. The summed E-state index contributed by atoms with van der Waals surface area (Å²) in [4.78, 5) is 0. The molecule has 0 aliphatic carbocycles. The van der Waals surface area contributed by atoms with Crippen molar-refractivity contribution in [3.8, 4) is 17.0 Å². The second-order valence-corrected chi connectivity index (χ2v) is 5.49. The van der Waals surface area contributed by atoms with Gasteiger partial charge in [0.25, 0.3) is 0 Å². The molecule has 0 amide bonds. The zero-order chi connectivity index (χ0) is 15.5. The summed E-state index contributed by atoms with van der Waals surface area (Å²) in [5.41, 5.74) is 8.70. The van der Waals surface area contributed by atoms with E-state index >= 15 is 0 Å². The summed E-state index contributed by atoms with van der Waals surface area (Å²) in [6, 6.07) is 12.9. The lowest BCUT2D eigenvalue weighted by molar-refractivity contribution is 0.306. The fourth-order valence-electron chi connectivity index (χ4n) is 1.97. The predicted octanol–water partition coefficient (Wildman–Crippen LogP) is 4.81. The van der Waals surface area contributed by atoms with Crippen molar-refractivity contribution < 1.29 is 9.26 Å². The van der Waals surface area contributed by atoms with Gasteiger partial charge in [-0.1, -0.05) is 34.4 Å². The van der Waals surface area contributed by atoms with E-state index in [-0.39, 0.29) is 0 Å². The van der Waals surface area contributed by atoms with Crippen LogP contribution < -0.4 is 10.5 Å². The van der Waals surface area contributed by atoms with Gasteiger partial charge in [-0.2, -0.15) is 0 Å². The number of hydrogen-bond donors (Lipinski definition) is 1. The lowest BCUT2D eigenvalue weighted by Gasteiger charge is -2.08. The van der Waals surface area contributed by atoms with Crippen LogP contribution in [0.25, 0.3) is 11.3 Å². The van der Waals surface area contributed by atoms with E-state index in [9.17, 15) is 0 Å². The van der Waals surface area contributed by atoms with Gasteiger partial charge in [-0.05, 0) is 42.0 Å². The van der Waals surface area contributed by atoms with Crippen LogP contribution in [0.3, 0.4) is 0 Å². The average molecular weight is 335 g/mol. The summed E-state index contributed by atoms with van der Waals surface area (Å²) in [5.74, 6) is 0.733. The highest BCUT2D eigenvalue weighted by atomic mass is 35.5. The second kappa shape index (κ2) is 6.30. The molecule has 0 saturated carbocycles. The summed E-state index contributed by atoms with van der Waals surface area (Å²) in [6.07, 6.45) is 1.41. The molecule has 0 fully saturated rings. The van der Waals surface area contributed by atoms with Gasteiger partial charge in [0, 0.05) is 5.56 Å². The summed E-state index contributed by atoms with van der Waals surface area (Å²) in [7, 11) is 0. The minimum atomic E-state index is 0.405. The first-order valence-corrected chi connectivity index (χ1v) is 7.26. The Bertz CT molecular complexity index is 785. The number of nitrogen functional groups attached to an aromatic ring is 1. The van der Waals surface area contributed by atoms with Gasteiger partial charge in [-0.25, -0.2) is 0 Å². The number of halogens is 2. The van der Waals surface area contributed by atoms with E-state index in [1.54, 1.807) is 12.1 Å². The highest BCUT2D eigenvalue weighted by Gasteiger charge is 2.07. The summed E-state index contributed by atoms with van der Waals surface area (Å²) < 4.78 is 10.5. The van der Waals surface area contributed by atoms with Crippen LogP contribution >= 0.6 is 23.2 Å². The van der Waals surface area contributed by atoms with Gasteiger partial charge < -0.3 is 15.0 Å². The molecule has 0 saturated heterocycles. The zero-order valence-electron chi connectivity index (χ0n) is 11.4. The fraction of sp³-hybridized carbons (Fsp3) is 0.0625. The van der Waals surface area contributed by atoms with E-state index in [1.807, 2.05) is 30.3 Å². The van der Waals surface area contributed by atoms with Crippen molar-refractivity contribution in [3.05, 3.63) is 64.3 Å². The normalized spacial score (nSPS) is 10.6. The largest absolute Gasteiger partial charge is 0.489 e. The Morgan fingerprint density at radius 1 is 1.05 bits per heavy atom. The third kappa shape index (κ3) is 3.18. The molecule has 2 aromatic carbocycles. The standard InChI is InChI=1S/C16H12Cl2N2O2/c17-13-6-1-10(7-14(13)18)8-21-12-4-2-11(3-5-12)16-15(19)9-22-20-16/h1-7,9H,8,19H2. The Labute approximate surface area is 137 Å². The van der Waals surface area contributed by atoms with Crippen molar-refractivity contribution in [2.45, 2.75) is 6.61 Å². The smallest absolute Gasteiger partial charge is 0.147 e. The summed E-state index contributed by atoms with van der Waals surface area (Å²) in [6.45, 7) is 0.405. The van der Waals surface area contributed by atoms with E-state index in [1.165, 1.54) is 6.26 Å². The Morgan fingerprint density at radius 2 is 1.82 bits per heavy atom. The van der Waals surface area contributed by atoms with Crippen molar-refractivity contribution >= 4 is 28.9 Å². The van der Waals surface area contributed by atoms with Crippen LogP contribution in [0.2, 0.25) is 10.0 Å². The zero-order valence-corrected chi connectivity index (χ0v) is 12.9. The van der Waals surface area contributed by atoms with Gasteiger partial charge in [-0.3, -0.25) is 0 Å². The summed E-state index contributed by atoms with van der Waals surface area (Å²) >= 11 is 11.9. The number of hydrogen-bond acceptors (Lipinski definition) is 4. The molecule has 0 atom stereocenters. The van der Waals surface area contributed by atoms with Gasteiger partial charge >= 0.3 is 0 Å². The Kier molecular flexibility index (Phi) is 4.22. The maximum Gasteiger partial charge on any atom is 0.147 e. The maximum absolute atomic E-state index is 5.97. The van der Waals surface area contributed by atoms with Crippen molar-refractivity contribution in [2.75, 3.05) is 5.73 Å². The molecule has 0 radical (unpaired) electrons. The Morgan fingerprint density at radius 3 is 2.45 bits per heavy atom. The highest BCUT2D eigenvalue weighted by Crippen LogP contribution is 2.27. The van der Waals surface area contributed by atoms with Gasteiger partial charge in [0.1, 0.15) is 30.0 Å². The molecule has 4 nitrogen and oxygen atoms in total. The molecule has 6 heteroatoms. The monoisotopic (exact) mass is 334 g/mol. The van der Waals surface area contributed by atoms with E-state index in [2.05, 4.69) is 5.16 Å². The number of aromatic nitrogens is 1. The van der Waals surface area contributed by atoms with E-state index in [0.29, 0.717) is 28.0 Å². The van der Waals surface area contributed by atoms with Crippen molar-refractivity contribution in [3.63, 3.8) is 0 Å². The Hall–Kier alpha value is -2.17. The van der Waals surface area contributed by atoms with Crippen LogP contribution in [-0.4, -0.2) is 5.16 Å². The fourth-order valence-corrected chi connectivity index (χ4v) is 2.29. The molecule has 2 N–H and O–H groups in total. The second-order valence-electron chi connectivity index (χ2n) is 4.68. The first kappa shape index (κ1) is 14.8. The third-order valence-corrected chi connectivity index (χ3v) is 3.85. The molecule has 0 spiro atoms. The minimum Gasteiger partial charge on any atom is -0.489 e. The number of anilines is 1. The van der Waals surface area contributed by atoms with Crippen LogP contribution in [0.15, 0.2) is 53.3 Å². The lowest BCUT2D eigenvalue weighted by Crippen LogP contribution is -1.95. The van der Waals surface area contributed by atoms with Crippen LogP contribution in [0.5, 0.6) is 5.75 Å². The summed E-state index contributed by atoms with van der Waals surface area (Å²) in [5, 5.41) is 4.90. The van der Waals surface area contributed by atoms with Crippen LogP contribution in [0.4, 0.5) is 5.69 Å². The molecule has 3 aromatic rings. The van der Waals surface area contributed by atoms with Crippen LogP contribution in [0.1, 0.15) is 5.56 Å². The topological polar surface area (TPSA) is 61.3 Å². The first-order chi connectivity index (χ1) is 10.6. The molecule has 3 rings (SSSR count). The van der Waals surface area contributed by atoms with Gasteiger partial charge in [0.05, 0.1) is 10.0 Å². The van der Waals surface area contributed by atoms with Crippen molar-refractivity contribution in [2.24, 2.45) is 0 Å². The van der Waals surface area contributed by atoms with Gasteiger partial charge in [-0.15, -0.1) is 0 Å². The molecule has 1 heterocycles. The van der Waals surface area contributed by atoms with Gasteiger partial charge in [0.15, 0.2) is 0 Å². The van der Waals surface area contributed by atoms with Crippen molar-refractivity contribution in [1.29, 1.82) is 0 Å². The molecular formula is C16H12Cl2N2O2. The predicted molar refractivity (Wildman–Crippen MR) is 87.1 cm³/mol. The number of rotatable bonds is 4. The van der Waals surface area contributed by atoms with Crippen molar-refractivity contribution in [1.82, 2.24) is 5.16 Å². The molecule has 0 aliphatic rings. The van der Waals surface area contributed by atoms with E-state index < -0.39 is 0 Å². The molecule has 22 heavy (non-hydrogen) atoms.